The van der Waals surface area contributed by atoms with E-state index in [0.717, 1.165) is 6.42 Å². The van der Waals surface area contributed by atoms with E-state index in [0.29, 0.717) is 12.7 Å². The molecule has 0 saturated heterocycles. The molecule has 0 amide bonds. The van der Waals surface area contributed by atoms with Crippen molar-refractivity contribution < 1.29 is 4.74 Å². The van der Waals surface area contributed by atoms with E-state index in [9.17, 15) is 0 Å². The summed E-state index contributed by atoms with van der Waals surface area (Å²) in [6.45, 7) is 0.708. The molecule has 0 bridgehead atoms. The Morgan fingerprint density at radius 1 is 0.938 bits per heavy atom. The molecule has 0 spiro atoms. The van der Waals surface area contributed by atoms with Crippen LogP contribution in [0, 0.1) is 0 Å². The molecule has 2 aromatic rings. The Kier molecular flexibility index (Phi) is 2.47. The van der Waals surface area contributed by atoms with Crippen molar-refractivity contribution in [1.82, 2.24) is 0 Å². The van der Waals surface area contributed by atoms with Gasteiger partial charge >= 0.3 is 0 Å². The fourth-order valence-corrected chi connectivity index (χ4v) is 2.13. The minimum absolute atomic E-state index is 0.302. The summed E-state index contributed by atoms with van der Waals surface area (Å²) in [6.07, 6.45) is 1.36. The van der Waals surface area contributed by atoms with Gasteiger partial charge in [0.1, 0.15) is 0 Å². The van der Waals surface area contributed by atoms with Crippen molar-refractivity contribution in [1.29, 1.82) is 0 Å². The Bertz CT molecular complexity index is 476. The van der Waals surface area contributed by atoms with Gasteiger partial charge in [0.25, 0.3) is 0 Å². The average molecular weight is 210 g/mol. The molecule has 0 radical (unpaired) electrons. The molecule has 1 atom stereocenters. The molecule has 0 aliphatic heterocycles. The Balaban J connectivity index is 1.63. The zero-order valence-electron chi connectivity index (χ0n) is 9.10. The van der Waals surface area contributed by atoms with E-state index in [1.165, 1.54) is 16.7 Å². The van der Waals surface area contributed by atoms with Crippen LogP contribution in [0.2, 0.25) is 0 Å². The van der Waals surface area contributed by atoms with Crippen LogP contribution in [0.3, 0.4) is 0 Å². The average Bonchev–Trinajstić information content (AvgIpc) is 2.32. The zero-order valence-corrected chi connectivity index (χ0v) is 9.10. The summed E-state index contributed by atoms with van der Waals surface area (Å²) in [7, 11) is 0. The van der Waals surface area contributed by atoms with Crippen LogP contribution in [-0.2, 0) is 17.8 Å². The van der Waals surface area contributed by atoms with Crippen LogP contribution in [-0.4, -0.2) is 0 Å². The first kappa shape index (κ1) is 9.61. The van der Waals surface area contributed by atoms with Gasteiger partial charge in [0.05, 0.1) is 12.7 Å². The largest absolute Gasteiger partial charge is 0.368 e. The van der Waals surface area contributed by atoms with Crippen molar-refractivity contribution in [3.63, 3.8) is 0 Å². The summed E-state index contributed by atoms with van der Waals surface area (Å²) in [6, 6.07) is 18.8. The van der Waals surface area contributed by atoms with E-state index in [-0.39, 0.29) is 0 Å². The van der Waals surface area contributed by atoms with Crippen LogP contribution >= 0.6 is 0 Å². The highest BCUT2D eigenvalue weighted by Crippen LogP contribution is 2.36. The lowest BCUT2D eigenvalue weighted by Gasteiger charge is -2.29. The standard InChI is InChI=1S/C15H14O/c1-2-6-12(7-3-1)11-16-15-10-13-8-4-5-9-14(13)15/h1-9,15H,10-11H2. The van der Waals surface area contributed by atoms with E-state index < -0.39 is 0 Å². The highest BCUT2D eigenvalue weighted by Gasteiger charge is 2.25. The summed E-state index contributed by atoms with van der Waals surface area (Å²) in [5, 5.41) is 0. The first-order chi connectivity index (χ1) is 7.93. The predicted molar refractivity (Wildman–Crippen MR) is 64.1 cm³/mol. The second-order valence-electron chi connectivity index (χ2n) is 4.19. The fraction of sp³-hybridized carbons (Fsp3) is 0.200. The maximum atomic E-state index is 5.89. The number of benzene rings is 2. The van der Waals surface area contributed by atoms with Gasteiger partial charge in [0, 0.05) is 6.42 Å². The number of hydrogen-bond acceptors (Lipinski definition) is 1. The van der Waals surface area contributed by atoms with Crippen LogP contribution < -0.4 is 0 Å². The molecule has 1 aliphatic carbocycles. The first-order valence-electron chi connectivity index (χ1n) is 5.67. The van der Waals surface area contributed by atoms with Gasteiger partial charge in [-0.25, -0.2) is 0 Å². The van der Waals surface area contributed by atoms with E-state index in [1.54, 1.807) is 0 Å². The topological polar surface area (TPSA) is 9.23 Å². The van der Waals surface area contributed by atoms with Gasteiger partial charge in [-0.15, -0.1) is 0 Å². The molecule has 1 aliphatic rings. The summed E-state index contributed by atoms with van der Waals surface area (Å²) >= 11 is 0. The molecule has 0 heterocycles. The van der Waals surface area contributed by atoms with Crippen molar-refractivity contribution >= 4 is 0 Å². The maximum absolute atomic E-state index is 5.89. The van der Waals surface area contributed by atoms with Gasteiger partial charge in [0.2, 0.25) is 0 Å². The fourth-order valence-electron chi connectivity index (χ4n) is 2.13. The molecule has 0 aromatic heterocycles. The molecule has 1 nitrogen and oxygen atoms in total. The van der Waals surface area contributed by atoms with Crippen molar-refractivity contribution in [3.8, 4) is 0 Å². The molecule has 0 fully saturated rings. The molecule has 16 heavy (non-hydrogen) atoms. The van der Waals surface area contributed by atoms with Crippen molar-refractivity contribution in [3.05, 3.63) is 71.3 Å². The monoisotopic (exact) mass is 210 g/mol. The molecule has 80 valence electrons. The number of fused-ring (bicyclic) bond motifs is 1. The summed E-state index contributed by atoms with van der Waals surface area (Å²) in [5.74, 6) is 0. The highest BCUT2D eigenvalue weighted by molar-refractivity contribution is 5.38. The zero-order chi connectivity index (χ0) is 10.8. The quantitative estimate of drug-likeness (QED) is 0.753. The highest BCUT2D eigenvalue weighted by atomic mass is 16.5. The normalized spacial score (nSPS) is 17.6. The molecular weight excluding hydrogens is 196 g/mol. The Labute approximate surface area is 95.7 Å². The van der Waals surface area contributed by atoms with Crippen LogP contribution in [0.15, 0.2) is 54.6 Å². The van der Waals surface area contributed by atoms with Crippen molar-refractivity contribution in [2.75, 3.05) is 0 Å². The molecule has 2 aromatic carbocycles. The van der Waals surface area contributed by atoms with E-state index in [1.807, 2.05) is 18.2 Å². The molecule has 1 heteroatoms. The minimum Gasteiger partial charge on any atom is -0.368 e. The number of rotatable bonds is 3. The lowest BCUT2D eigenvalue weighted by molar-refractivity contribution is 0.0244. The van der Waals surface area contributed by atoms with Gasteiger partial charge in [-0.3, -0.25) is 0 Å². The summed E-state index contributed by atoms with van der Waals surface area (Å²) < 4.78 is 5.89. The van der Waals surface area contributed by atoms with Crippen LogP contribution in [0.5, 0.6) is 0 Å². The van der Waals surface area contributed by atoms with E-state index in [4.69, 9.17) is 4.74 Å². The molecule has 3 rings (SSSR count). The molecule has 0 saturated carbocycles. The Hall–Kier alpha value is -1.60. The molecule has 0 N–H and O–H groups in total. The minimum atomic E-state index is 0.302. The Morgan fingerprint density at radius 3 is 2.50 bits per heavy atom. The van der Waals surface area contributed by atoms with Gasteiger partial charge in [0.15, 0.2) is 0 Å². The lowest BCUT2D eigenvalue weighted by atomic mass is 9.85. The third-order valence-electron chi connectivity index (χ3n) is 3.10. The van der Waals surface area contributed by atoms with Crippen molar-refractivity contribution in [2.24, 2.45) is 0 Å². The SMILES string of the molecule is c1ccc(COC2Cc3ccccc32)cc1. The summed E-state index contributed by atoms with van der Waals surface area (Å²) in [5.41, 5.74) is 4.03. The van der Waals surface area contributed by atoms with Crippen LogP contribution in [0.25, 0.3) is 0 Å². The van der Waals surface area contributed by atoms with Gasteiger partial charge in [-0.2, -0.15) is 0 Å². The number of hydrogen-bond donors (Lipinski definition) is 0. The Morgan fingerprint density at radius 2 is 1.69 bits per heavy atom. The summed E-state index contributed by atoms with van der Waals surface area (Å²) in [4.78, 5) is 0. The van der Waals surface area contributed by atoms with Gasteiger partial charge in [-0.1, -0.05) is 54.6 Å². The number of ether oxygens (including phenoxy) is 1. The van der Waals surface area contributed by atoms with Gasteiger partial charge < -0.3 is 4.74 Å². The third kappa shape index (κ3) is 1.74. The van der Waals surface area contributed by atoms with Crippen LogP contribution in [0.4, 0.5) is 0 Å². The first-order valence-corrected chi connectivity index (χ1v) is 5.67. The molecular formula is C15H14O. The second kappa shape index (κ2) is 4.11. The van der Waals surface area contributed by atoms with Crippen molar-refractivity contribution in [2.45, 2.75) is 19.1 Å². The molecule has 1 unspecified atom stereocenters. The van der Waals surface area contributed by atoms with E-state index >= 15 is 0 Å². The van der Waals surface area contributed by atoms with E-state index in [2.05, 4.69) is 36.4 Å². The predicted octanol–water partition coefficient (Wildman–Crippen LogP) is 3.50. The second-order valence-corrected chi connectivity index (χ2v) is 4.19. The maximum Gasteiger partial charge on any atom is 0.0872 e. The smallest absolute Gasteiger partial charge is 0.0872 e. The lowest BCUT2D eigenvalue weighted by Crippen LogP contribution is -2.19. The van der Waals surface area contributed by atoms with Crippen LogP contribution in [0.1, 0.15) is 22.8 Å². The van der Waals surface area contributed by atoms with Gasteiger partial charge in [-0.05, 0) is 16.7 Å². The third-order valence-corrected chi connectivity index (χ3v) is 3.10.